The molecule has 0 heterocycles. The van der Waals surface area contributed by atoms with E-state index in [0.717, 1.165) is 11.8 Å². The zero-order chi connectivity index (χ0) is 26.2. The van der Waals surface area contributed by atoms with Gasteiger partial charge in [0, 0.05) is 23.9 Å². The molecule has 0 fully saturated rings. The van der Waals surface area contributed by atoms with Crippen molar-refractivity contribution in [3.05, 3.63) is 35.9 Å². The van der Waals surface area contributed by atoms with E-state index in [1.807, 2.05) is 65.0 Å². The molecule has 192 valence electrons. The summed E-state index contributed by atoms with van der Waals surface area (Å²) in [5.74, 6) is -0.166. The second kappa shape index (κ2) is 12.4. The molecule has 0 radical (unpaired) electrons. The molecule has 0 aliphatic rings. The average Bonchev–Trinajstić information content (AvgIpc) is 2.76. The number of alkyl carbamates (subject to hydrolysis) is 1. The fourth-order valence-corrected chi connectivity index (χ4v) is 3.81. The fourth-order valence-electron chi connectivity index (χ4n) is 3.81. The van der Waals surface area contributed by atoms with Gasteiger partial charge in [0.15, 0.2) is 0 Å². The number of nitrogens with one attached hydrogen (secondary N) is 2. The van der Waals surface area contributed by atoms with Gasteiger partial charge in [-0.05, 0) is 49.0 Å². The van der Waals surface area contributed by atoms with Gasteiger partial charge in [0.25, 0.3) is 0 Å². The van der Waals surface area contributed by atoms with Gasteiger partial charge >= 0.3 is 6.09 Å². The first kappa shape index (κ1) is 29.7. The van der Waals surface area contributed by atoms with Crippen molar-refractivity contribution in [1.29, 1.82) is 0 Å². The Bertz CT molecular complexity index is 800. The van der Waals surface area contributed by atoms with Crippen molar-refractivity contribution >= 4 is 18.3 Å². The topological polar surface area (TPSA) is 84.5 Å². The van der Waals surface area contributed by atoms with Crippen LogP contribution in [0.4, 0.5) is 4.79 Å². The molecule has 0 aliphatic carbocycles. The predicted molar refractivity (Wildman–Crippen MR) is 137 cm³/mol. The highest BCUT2D eigenvalue weighted by molar-refractivity contribution is 5.80. The smallest absolute Gasteiger partial charge is 0.407 e. The molecular weight excluding hydrogens is 428 g/mol. The van der Waals surface area contributed by atoms with Gasteiger partial charge in [0.05, 0.1) is 0 Å². The molecule has 0 saturated heterocycles. The summed E-state index contributed by atoms with van der Waals surface area (Å²) in [4.78, 5) is 37.1. The van der Waals surface area contributed by atoms with E-state index in [1.54, 1.807) is 0 Å². The number of aldehydes is 1. The van der Waals surface area contributed by atoms with Gasteiger partial charge in [-0.15, -0.1) is 0 Å². The second-order valence-corrected chi connectivity index (χ2v) is 11.4. The molecule has 1 aromatic carbocycles. The van der Waals surface area contributed by atoms with Crippen LogP contribution in [-0.2, 0) is 20.9 Å². The zero-order valence-corrected chi connectivity index (χ0v) is 22.7. The van der Waals surface area contributed by atoms with E-state index in [1.165, 1.54) is 0 Å². The van der Waals surface area contributed by atoms with E-state index in [0.29, 0.717) is 19.4 Å². The first-order valence-electron chi connectivity index (χ1n) is 12.4. The molecule has 6 heteroatoms. The maximum Gasteiger partial charge on any atom is 0.407 e. The van der Waals surface area contributed by atoms with Crippen molar-refractivity contribution in [2.45, 2.75) is 87.3 Å². The summed E-state index contributed by atoms with van der Waals surface area (Å²) in [7, 11) is 0. The Kier molecular flexibility index (Phi) is 10.8. The summed E-state index contributed by atoms with van der Waals surface area (Å²) in [6.45, 7) is 19.0. The Morgan fingerprint density at radius 2 is 1.59 bits per heavy atom. The maximum atomic E-state index is 13.5. The van der Waals surface area contributed by atoms with Crippen LogP contribution in [0.5, 0.6) is 0 Å². The number of amides is 2. The Labute approximate surface area is 206 Å². The Morgan fingerprint density at radius 3 is 2.12 bits per heavy atom. The molecule has 6 nitrogen and oxygen atoms in total. The lowest BCUT2D eigenvalue weighted by Gasteiger charge is -2.46. The van der Waals surface area contributed by atoms with Gasteiger partial charge in [-0.2, -0.15) is 0 Å². The molecule has 0 spiro atoms. The van der Waals surface area contributed by atoms with E-state index in [-0.39, 0.29) is 35.7 Å². The predicted octanol–water partition coefficient (Wildman–Crippen LogP) is 5.75. The third-order valence-corrected chi connectivity index (χ3v) is 8.24. The van der Waals surface area contributed by atoms with Gasteiger partial charge in [0.2, 0.25) is 5.91 Å². The lowest BCUT2D eigenvalue weighted by atomic mass is 9.65. The first-order chi connectivity index (χ1) is 15.7. The number of carbonyl (C=O) groups excluding carboxylic acids is 3. The van der Waals surface area contributed by atoms with Crippen LogP contribution >= 0.6 is 0 Å². The van der Waals surface area contributed by atoms with Crippen LogP contribution in [0.1, 0.15) is 80.7 Å². The highest BCUT2D eigenvalue weighted by Gasteiger charge is 2.45. The van der Waals surface area contributed by atoms with Crippen LogP contribution in [0.2, 0.25) is 0 Å². The van der Waals surface area contributed by atoms with Crippen LogP contribution < -0.4 is 10.6 Å². The van der Waals surface area contributed by atoms with Crippen molar-refractivity contribution in [1.82, 2.24) is 10.6 Å². The molecule has 34 heavy (non-hydrogen) atoms. The molecule has 0 bridgehead atoms. The highest BCUT2D eigenvalue weighted by atomic mass is 16.5. The van der Waals surface area contributed by atoms with Gasteiger partial charge in [-0.3, -0.25) is 4.79 Å². The van der Waals surface area contributed by atoms with Crippen molar-refractivity contribution < 1.29 is 19.1 Å². The van der Waals surface area contributed by atoms with E-state index >= 15 is 0 Å². The van der Waals surface area contributed by atoms with Gasteiger partial charge in [-0.1, -0.05) is 78.8 Å². The summed E-state index contributed by atoms with van der Waals surface area (Å²) in [5.41, 5.74) is -0.299. The van der Waals surface area contributed by atoms with Crippen LogP contribution in [-0.4, -0.2) is 30.4 Å². The van der Waals surface area contributed by atoms with Gasteiger partial charge in [0.1, 0.15) is 12.9 Å². The van der Waals surface area contributed by atoms with Gasteiger partial charge in [-0.25, -0.2) is 4.79 Å². The summed E-state index contributed by atoms with van der Waals surface area (Å²) in [5, 5.41) is 6.04. The van der Waals surface area contributed by atoms with E-state index in [4.69, 9.17) is 4.74 Å². The van der Waals surface area contributed by atoms with Crippen molar-refractivity contribution in [2.24, 2.45) is 28.6 Å². The molecule has 2 atom stereocenters. The maximum absolute atomic E-state index is 13.5. The molecular formula is C28H46N2O4. The lowest BCUT2D eigenvalue weighted by Crippen LogP contribution is -2.58. The van der Waals surface area contributed by atoms with E-state index in [2.05, 4.69) is 38.3 Å². The quantitative estimate of drug-likeness (QED) is 0.282. The van der Waals surface area contributed by atoms with Crippen molar-refractivity contribution in [3.63, 3.8) is 0 Å². The Balaban J connectivity index is 2.76. The number of carbonyl (C=O) groups is 3. The lowest BCUT2D eigenvalue weighted by molar-refractivity contribution is -0.135. The Hall–Kier alpha value is -2.37. The standard InChI is InChI=1S/C28H46N2O4/c1-20(2)26(4,5)23(24(32)30-28(8,9)27(6,7)21(3)18-31)16-13-17-29-25(33)34-19-22-14-11-10-12-15-22/h10-12,14-15,18,20-21,23H,13,16-17,19H2,1-9H3,(H,29,33)(H,30,32). The Morgan fingerprint density at radius 1 is 1.00 bits per heavy atom. The SMILES string of the molecule is CC(C)C(C)(C)C(CCCNC(=O)OCc1ccccc1)C(=O)NC(C)(C)C(C)(C)C(C)C=O. The molecule has 2 unspecified atom stereocenters. The number of ether oxygens (including phenoxy) is 1. The highest BCUT2D eigenvalue weighted by Crippen LogP contribution is 2.41. The second-order valence-electron chi connectivity index (χ2n) is 11.4. The van der Waals surface area contributed by atoms with E-state index < -0.39 is 17.0 Å². The average molecular weight is 475 g/mol. The van der Waals surface area contributed by atoms with Crippen LogP contribution in [0.3, 0.4) is 0 Å². The largest absolute Gasteiger partial charge is 0.445 e. The summed E-state index contributed by atoms with van der Waals surface area (Å²) in [6, 6.07) is 9.53. The van der Waals surface area contributed by atoms with Crippen LogP contribution in [0, 0.1) is 28.6 Å². The van der Waals surface area contributed by atoms with Crippen molar-refractivity contribution in [2.75, 3.05) is 6.54 Å². The normalized spacial score (nSPS) is 14.3. The summed E-state index contributed by atoms with van der Waals surface area (Å²) >= 11 is 0. The number of benzene rings is 1. The van der Waals surface area contributed by atoms with E-state index in [9.17, 15) is 14.4 Å². The minimum Gasteiger partial charge on any atom is -0.445 e. The third kappa shape index (κ3) is 7.85. The number of rotatable bonds is 13. The fraction of sp³-hybridized carbons (Fsp3) is 0.679. The molecule has 1 aromatic rings. The summed E-state index contributed by atoms with van der Waals surface area (Å²) < 4.78 is 5.27. The molecule has 0 aromatic heterocycles. The molecule has 0 saturated carbocycles. The summed E-state index contributed by atoms with van der Waals surface area (Å²) in [6.07, 6.45) is 1.78. The van der Waals surface area contributed by atoms with Crippen molar-refractivity contribution in [3.8, 4) is 0 Å². The minimum atomic E-state index is -0.574. The molecule has 2 N–H and O–H groups in total. The zero-order valence-electron chi connectivity index (χ0n) is 22.7. The molecule has 1 rings (SSSR count). The molecule has 2 amide bonds. The minimum absolute atomic E-state index is 0.0125. The monoisotopic (exact) mass is 474 g/mol. The van der Waals surface area contributed by atoms with Gasteiger partial charge < -0.3 is 20.2 Å². The number of hydrogen-bond acceptors (Lipinski definition) is 4. The van der Waals surface area contributed by atoms with Crippen LogP contribution in [0.15, 0.2) is 30.3 Å². The number of hydrogen-bond donors (Lipinski definition) is 2. The first-order valence-corrected chi connectivity index (χ1v) is 12.4. The third-order valence-electron chi connectivity index (χ3n) is 8.24. The molecule has 0 aliphatic heterocycles. The van der Waals surface area contributed by atoms with Crippen LogP contribution in [0.25, 0.3) is 0 Å².